The van der Waals surface area contributed by atoms with Crippen molar-refractivity contribution in [2.75, 3.05) is 5.32 Å². The maximum atomic E-state index is 12.1. The molecule has 1 aromatic heterocycles. The number of benzene rings is 2. The van der Waals surface area contributed by atoms with E-state index in [-0.39, 0.29) is 11.6 Å². The van der Waals surface area contributed by atoms with Gasteiger partial charge in [-0.05, 0) is 35.9 Å². The number of aromatic nitrogens is 2. The number of anilines is 2. The fourth-order valence-corrected chi connectivity index (χ4v) is 2.57. The van der Waals surface area contributed by atoms with Gasteiger partial charge in [-0.15, -0.1) is 10.2 Å². The standard InChI is InChI=1S/C18H14Cl2N4O/c19-13-6-7-15(14(20)10-13)22-17-9-8-16(23-24-17)18(25)21-11-12-4-2-1-3-5-12/h1-10H,11H2,(H,21,25)(H,22,24). The van der Waals surface area contributed by atoms with Crippen molar-refractivity contribution in [1.82, 2.24) is 15.5 Å². The number of hydrogen-bond donors (Lipinski definition) is 2. The number of nitrogens with zero attached hydrogens (tertiary/aromatic N) is 2. The summed E-state index contributed by atoms with van der Waals surface area (Å²) in [5, 5.41) is 14.8. The lowest BCUT2D eigenvalue weighted by Crippen LogP contribution is -2.24. The van der Waals surface area contributed by atoms with Gasteiger partial charge in [0.05, 0.1) is 10.7 Å². The molecule has 3 rings (SSSR count). The van der Waals surface area contributed by atoms with Crippen LogP contribution in [0.2, 0.25) is 10.0 Å². The molecule has 0 saturated heterocycles. The number of carbonyl (C=O) groups excluding carboxylic acids is 1. The third-order valence-corrected chi connectivity index (χ3v) is 3.93. The lowest BCUT2D eigenvalue weighted by molar-refractivity contribution is 0.0945. The molecule has 3 aromatic rings. The lowest BCUT2D eigenvalue weighted by Gasteiger charge is -2.08. The van der Waals surface area contributed by atoms with Crippen LogP contribution in [-0.2, 0) is 6.54 Å². The third-order valence-electron chi connectivity index (χ3n) is 3.39. The van der Waals surface area contributed by atoms with E-state index in [1.165, 1.54) is 0 Å². The Morgan fingerprint density at radius 2 is 1.76 bits per heavy atom. The van der Waals surface area contributed by atoms with E-state index >= 15 is 0 Å². The molecule has 0 aliphatic carbocycles. The normalized spacial score (nSPS) is 10.3. The van der Waals surface area contributed by atoms with Crippen LogP contribution >= 0.6 is 23.2 Å². The second-order valence-electron chi connectivity index (χ2n) is 5.22. The number of amides is 1. The highest BCUT2D eigenvalue weighted by atomic mass is 35.5. The largest absolute Gasteiger partial charge is 0.347 e. The van der Waals surface area contributed by atoms with Crippen LogP contribution in [0.3, 0.4) is 0 Å². The van der Waals surface area contributed by atoms with E-state index in [0.717, 1.165) is 5.56 Å². The number of rotatable bonds is 5. The molecule has 0 radical (unpaired) electrons. The summed E-state index contributed by atoms with van der Waals surface area (Å²) in [4.78, 5) is 12.1. The predicted octanol–water partition coefficient (Wildman–Crippen LogP) is 4.46. The summed E-state index contributed by atoms with van der Waals surface area (Å²) in [6, 6.07) is 18.0. The summed E-state index contributed by atoms with van der Waals surface area (Å²) in [6.07, 6.45) is 0. The highest BCUT2D eigenvalue weighted by Crippen LogP contribution is 2.27. The smallest absolute Gasteiger partial charge is 0.272 e. The van der Waals surface area contributed by atoms with E-state index in [1.54, 1.807) is 30.3 Å². The van der Waals surface area contributed by atoms with Crippen molar-refractivity contribution in [2.45, 2.75) is 6.54 Å². The minimum Gasteiger partial charge on any atom is -0.347 e. The number of hydrogen-bond acceptors (Lipinski definition) is 4. The second kappa shape index (κ2) is 7.96. The summed E-state index contributed by atoms with van der Waals surface area (Å²) in [5.41, 5.74) is 1.91. The minimum absolute atomic E-state index is 0.240. The van der Waals surface area contributed by atoms with Crippen molar-refractivity contribution in [3.05, 3.63) is 82.0 Å². The Hall–Kier alpha value is -2.63. The van der Waals surface area contributed by atoms with Gasteiger partial charge >= 0.3 is 0 Å². The van der Waals surface area contributed by atoms with Crippen LogP contribution in [0.1, 0.15) is 16.1 Å². The average Bonchev–Trinajstić information content (AvgIpc) is 2.63. The Kier molecular flexibility index (Phi) is 5.48. The summed E-state index contributed by atoms with van der Waals surface area (Å²) >= 11 is 12.0. The van der Waals surface area contributed by atoms with E-state index in [4.69, 9.17) is 23.2 Å². The van der Waals surface area contributed by atoms with Gasteiger partial charge in [-0.1, -0.05) is 53.5 Å². The maximum Gasteiger partial charge on any atom is 0.272 e. The first-order valence-electron chi connectivity index (χ1n) is 7.50. The highest BCUT2D eigenvalue weighted by molar-refractivity contribution is 6.36. The Bertz CT molecular complexity index is 870. The molecule has 126 valence electrons. The molecule has 0 spiro atoms. The highest BCUT2D eigenvalue weighted by Gasteiger charge is 2.09. The lowest BCUT2D eigenvalue weighted by atomic mass is 10.2. The molecular formula is C18H14Cl2N4O. The maximum absolute atomic E-state index is 12.1. The van der Waals surface area contributed by atoms with Crippen molar-refractivity contribution >= 4 is 40.6 Å². The van der Waals surface area contributed by atoms with Crippen molar-refractivity contribution in [3.63, 3.8) is 0 Å². The minimum atomic E-state index is -0.285. The fourth-order valence-electron chi connectivity index (χ4n) is 2.12. The van der Waals surface area contributed by atoms with Gasteiger partial charge in [0.15, 0.2) is 11.5 Å². The van der Waals surface area contributed by atoms with Crippen LogP contribution in [0, 0.1) is 0 Å². The Morgan fingerprint density at radius 3 is 2.44 bits per heavy atom. The Morgan fingerprint density at radius 1 is 0.960 bits per heavy atom. The summed E-state index contributed by atoms with van der Waals surface area (Å²) < 4.78 is 0. The predicted molar refractivity (Wildman–Crippen MR) is 99.4 cm³/mol. The molecule has 2 N–H and O–H groups in total. The Labute approximate surface area is 155 Å². The molecule has 0 aliphatic heterocycles. The first-order valence-corrected chi connectivity index (χ1v) is 8.25. The van der Waals surface area contributed by atoms with Crippen LogP contribution in [0.5, 0.6) is 0 Å². The summed E-state index contributed by atoms with van der Waals surface area (Å²) in [6.45, 7) is 0.432. The topological polar surface area (TPSA) is 66.9 Å². The van der Waals surface area contributed by atoms with Gasteiger partial charge in [0.1, 0.15) is 0 Å². The zero-order chi connectivity index (χ0) is 17.6. The van der Waals surface area contributed by atoms with Gasteiger partial charge in [0, 0.05) is 11.6 Å². The molecule has 0 atom stereocenters. The van der Waals surface area contributed by atoms with Gasteiger partial charge in [0.2, 0.25) is 0 Å². The van der Waals surface area contributed by atoms with Gasteiger partial charge in [-0.25, -0.2) is 0 Å². The van der Waals surface area contributed by atoms with E-state index < -0.39 is 0 Å². The zero-order valence-electron chi connectivity index (χ0n) is 13.0. The van der Waals surface area contributed by atoms with Gasteiger partial charge in [0.25, 0.3) is 5.91 Å². The van der Waals surface area contributed by atoms with Crippen molar-refractivity contribution in [2.24, 2.45) is 0 Å². The van der Waals surface area contributed by atoms with E-state index in [2.05, 4.69) is 20.8 Å². The molecule has 7 heteroatoms. The van der Waals surface area contributed by atoms with E-state index in [0.29, 0.717) is 28.1 Å². The third kappa shape index (κ3) is 4.68. The number of nitrogens with one attached hydrogen (secondary N) is 2. The summed E-state index contributed by atoms with van der Waals surface area (Å²) in [7, 11) is 0. The van der Waals surface area contributed by atoms with E-state index in [9.17, 15) is 4.79 Å². The van der Waals surface area contributed by atoms with Gasteiger partial charge in [-0.3, -0.25) is 4.79 Å². The molecule has 1 amide bonds. The molecule has 25 heavy (non-hydrogen) atoms. The second-order valence-corrected chi connectivity index (χ2v) is 6.06. The molecule has 0 bridgehead atoms. The quantitative estimate of drug-likeness (QED) is 0.693. The zero-order valence-corrected chi connectivity index (χ0v) is 14.6. The molecule has 0 saturated carbocycles. The van der Waals surface area contributed by atoms with E-state index in [1.807, 2.05) is 30.3 Å². The number of carbonyl (C=O) groups is 1. The SMILES string of the molecule is O=C(NCc1ccccc1)c1ccc(Nc2ccc(Cl)cc2Cl)nn1. The van der Waals surface area contributed by atoms with Crippen LogP contribution in [-0.4, -0.2) is 16.1 Å². The molecule has 5 nitrogen and oxygen atoms in total. The van der Waals surface area contributed by atoms with Crippen molar-refractivity contribution in [3.8, 4) is 0 Å². The first-order chi connectivity index (χ1) is 12.1. The summed E-state index contributed by atoms with van der Waals surface area (Å²) in [5.74, 6) is 0.191. The average molecular weight is 373 g/mol. The first kappa shape index (κ1) is 17.2. The fraction of sp³-hybridized carbons (Fsp3) is 0.0556. The molecule has 0 aliphatic rings. The van der Waals surface area contributed by atoms with Crippen molar-refractivity contribution < 1.29 is 4.79 Å². The molecule has 0 fully saturated rings. The Balaban J connectivity index is 1.62. The van der Waals surface area contributed by atoms with Crippen LogP contribution in [0.15, 0.2) is 60.7 Å². The van der Waals surface area contributed by atoms with Crippen LogP contribution in [0.4, 0.5) is 11.5 Å². The molecule has 2 aromatic carbocycles. The number of halogens is 2. The van der Waals surface area contributed by atoms with Gasteiger partial charge in [-0.2, -0.15) is 0 Å². The monoisotopic (exact) mass is 372 g/mol. The van der Waals surface area contributed by atoms with Crippen LogP contribution < -0.4 is 10.6 Å². The van der Waals surface area contributed by atoms with Crippen molar-refractivity contribution in [1.29, 1.82) is 0 Å². The molecule has 1 heterocycles. The molecule has 0 unspecified atom stereocenters. The molecular weight excluding hydrogens is 359 g/mol. The van der Waals surface area contributed by atoms with Crippen LogP contribution in [0.25, 0.3) is 0 Å². The van der Waals surface area contributed by atoms with Gasteiger partial charge < -0.3 is 10.6 Å².